The molecule has 1 aromatic rings. The number of thiophene rings is 1. The summed E-state index contributed by atoms with van der Waals surface area (Å²) in [5.74, 6) is -2.77. The molecule has 108 valence electrons. The van der Waals surface area contributed by atoms with Crippen LogP contribution in [-0.4, -0.2) is 35.2 Å². The Morgan fingerprint density at radius 3 is 2.68 bits per heavy atom. The Kier molecular flexibility index (Phi) is 5.61. The molecule has 1 aromatic heterocycles. The molecular weight excluding hydrogens is 279 g/mol. The molecule has 1 atom stereocenters. The largest absolute Gasteiger partial charge is 0.409 e. The third-order valence-corrected chi connectivity index (χ3v) is 3.58. The van der Waals surface area contributed by atoms with Gasteiger partial charge in [-0.2, -0.15) is 13.2 Å². The summed E-state index contributed by atoms with van der Waals surface area (Å²) in [5.41, 5.74) is 5.14. The lowest BCUT2D eigenvalue weighted by Crippen LogP contribution is -2.44. The summed E-state index contributed by atoms with van der Waals surface area (Å²) in [5, 5.41) is 12.8. The van der Waals surface area contributed by atoms with Crippen molar-refractivity contribution >= 4 is 17.2 Å². The van der Waals surface area contributed by atoms with E-state index in [9.17, 15) is 13.2 Å². The highest BCUT2D eigenvalue weighted by atomic mass is 32.1. The second-order valence-electron chi connectivity index (χ2n) is 4.03. The van der Waals surface area contributed by atoms with Crippen molar-refractivity contribution < 1.29 is 18.4 Å². The fourth-order valence-electron chi connectivity index (χ4n) is 1.62. The van der Waals surface area contributed by atoms with Gasteiger partial charge in [0.2, 0.25) is 0 Å². The number of hydrogen-bond donors (Lipinski definition) is 2. The molecule has 0 radical (unpaired) electrons. The zero-order valence-electron chi connectivity index (χ0n) is 10.4. The Bertz CT molecular complexity index is 406. The van der Waals surface area contributed by atoms with E-state index in [0.29, 0.717) is 13.1 Å². The highest BCUT2D eigenvalue weighted by molar-refractivity contribution is 7.09. The fourth-order valence-corrected chi connectivity index (χ4v) is 2.37. The van der Waals surface area contributed by atoms with Gasteiger partial charge in [-0.15, -0.1) is 11.3 Å². The molecule has 1 unspecified atom stereocenters. The van der Waals surface area contributed by atoms with Crippen molar-refractivity contribution in [2.45, 2.75) is 19.6 Å². The first-order valence-corrected chi connectivity index (χ1v) is 6.55. The van der Waals surface area contributed by atoms with Gasteiger partial charge in [0.1, 0.15) is 5.92 Å². The summed E-state index contributed by atoms with van der Waals surface area (Å²) in [4.78, 5) is 2.59. The lowest BCUT2D eigenvalue weighted by Gasteiger charge is -2.26. The summed E-state index contributed by atoms with van der Waals surface area (Å²) in [7, 11) is 0. The average Bonchev–Trinajstić information content (AvgIpc) is 2.84. The van der Waals surface area contributed by atoms with Crippen molar-refractivity contribution in [2.24, 2.45) is 16.8 Å². The zero-order chi connectivity index (χ0) is 14.5. The van der Waals surface area contributed by atoms with Crippen molar-refractivity contribution in [3.8, 4) is 0 Å². The number of nitrogens with zero attached hydrogens (tertiary/aromatic N) is 2. The van der Waals surface area contributed by atoms with Crippen LogP contribution in [0.5, 0.6) is 0 Å². The smallest absolute Gasteiger partial charge is 0.400 e. The van der Waals surface area contributed by atoms with E-state index >= 15 is 0 Å². The van der Waals surface area contributed by atoms with Gasteiger partial charge in [0.15, 0.2) is 5.84 Å². The molecule has 0 aliphatic carbocycles. The summed E-state index contributed by atoms with van der Waals surface area (Å²) >= 11 is 1.48. The highest BCUT2D eigenvalue weighted by Crippen LogP contribution is 2.28. The normalized spacial score (nSPS) is 14.9. The monoisotopic (exact) mass is 295 g/mol. The summed E-state index contributed by atoms with van der Waals surface area (Å²) in [6.07, 6.45) is -4.53. The van der Waals surface area contributed by atoms with Gasteiger partial charge in [-0.25, -0.2) is 0 Å². The van der Waals surface area contributed by atoms with Crippen LogP contribution < -0.4 is 5.73 Å². The predicted molar refractivity (Wildman–Crippen MR) is 68.2 cm³/mol. The lowest BCUT2D eigenvalue weighted by atomic mass is 10.1. The lowest BCUT2D eigenvalue weighted by molar-refractivity contribution is -0.160. The number of rotatable bonds is 6. The van der Waals surface area contributed by atoms with Crippen LogP contribution in [0.3, 0.4) is 0 Å². The molecule has 4 nitrogen and oxygen atoms in total. The van der Waals surface area contributed by atoms with Crippen LogP contribution in [0, 0.1) is 5.92 Å². The molecular formula is C11H16F3N3OS. The van der Waals surface area contributed by atoms with E-state index in [4.69, 9.17) is 10.9 Å². The Morgan fingerprint density at radius 2 is 2.26 bits per heavy atom. The van der Waals surface area contributed by atoms with Crippen LogP contribution in [0.1, 0.15) is 11.8 Å². The molecule has 19 heavy (non-hydrogen) atoms. The van der Waals surface area contributed by atoms with Crippen molar-refractivity contribution in [1.82, 2.24) is 4.90 Å². The second-order valence-corrected chi connectivity index (χ2v) is 5.06. The third-order valence-electron chi connectivity index (χ3n) is 2.72. The first-order valence-electron chi connectivity index (χ1n) is 5.67. The molecule has 0 saturated carbocycles. The zero-order valence-corrected chi connectivity index (χ0v) is 11.2. The van der Waals surface area contributed by atoms with Crippen molar-refractivity contribution in [1.29, 1.82) is 0 Å². The second kappa shape index (κ2) is 6.76. The number of alkyl halides is 3. The van der Waals surface area contributed by atoms with Gasteiger partial charge in [0, 0.05) is 18.0 Å². The standard InChI is InChI=1S/C11H16F3N3OS/c1-2-17(6-8-4-3-5-19-8)7-9(10(15)16-18)11(12,13)14/h3-5,9,18H,2,6-7H2,1H3,(H2,15,16). The fraction of sp³-hybridized carbons (Fsp3) is 0.545. The van der Waals surface area contributed by atoms with Crippen LogP contribution in [0.4, 0.5) is 13.2 Å². The van der Waals surface area contributed by atoms with Crippen molar-refractivity contribution in [3.05, 3.63) is 22.4 Å². The first-order chi connectivity index (χ1) is 8.88. The van der Waals surface area contributed by atoms with Gasteiger partial charge >= 0.3 is 6.18 Å². The molecule has 0 aromatic carbocycles. The Balaban J connectivity index is 2.76. The van der Waals surface area contributed by atoms with Gasteiger partial charge in [0.05, 0.1) is 0 Å². The van der Waals surface area contributed by atoms with Crippen molar-refractivity contribution in [3.63, 3.8) is 0 Å². The Hall–Kier alpha value is -1.28. The van der Waals surface area contributed by atoms with Gasteiger partial charge in [-0.05, 0) is 18.0 Å². The molecule has 8 heteroatoms. The molecule has 0 aliphatic heterocycles. The molecule has 0 spiro atoms. The number of halogens is 3. The molecule has 0 aliphatic rings. The molecule has 0 saturated heterocycles. The Labute approximate surface area is 113 Å². The first kappa shape index (κ1) is 15.8. The highest BCUT2D eigenvalue weighted by Gasteiger charge is 2.43. The van der Waals surface area contributed by atoms with Crippen LogP contribution in [0.25, 0.3) is 0 Å². The number of oxime groups is 1. The van der Waals surface area contributed by atoms with Crippen LogP contribution in [0.2, 0.25) is 0 Å². The van der Waals surface area contributed by atoms with E-state index in [1.807, 2.05) is 17.5 Å². The molecule has 1 rings (SSSR count). The molecule has 1 heterocycles. The predicted octanol–water partition coefficient (Wildman–Crippen LogP) is 2.49. The quantitative estimate of drug-likeness (QED) is 0.367. The maximum absolute atomic E-state index is 12.8. The van der Waals surface area contributed by atoms with Gasteiger partial charge < -0.3 is 10.9 Å². The molecule has 0 fully saturated rings. The Morgan fingerprint density at radius 1 is 1.58 bits per heavy atom. The molecule has 0 amide bonds. The van der Waals surface area contributed by atoms with E-state index in [-0.39, 0.29) is 6.54 Å². The van der Waals surface area contributed by atoms with Gasteiger partial charge in [0.25, 0.3) is 0 Å². The van der Waals surface area contributed by atoms with E-state index in [0.717, 1.165) is 4.88 Å². The maximum atomic E-state index is 12.8. The van der Waals surface area contributed by atoms with E-state index in [1.165, 1.54) is 11.3 Å². The number of nitrogens with two attached hydrogens (primary N) is 1. The minimum absolute atomic E-state index is 0.326. The molecule has 3 N–H and O–H groups in total. The average molecular weight is 295 g/mol. The van der Waals surface area contributed by atoms with Crippen LogP contribution in [-0.2, 0) is 6.54 Å². The summed E-state index contributed by atoms with van der Waals surface area (Å²) < 4.78 is 38.5. The number of amidine groups is 1. The minimum atomic E-state index is -4.53. The van der Waals surface area contributed by atoms with Crippen LogP contribution >= 0.6 is 11.3 Å². The third kappa shape index (κ3) is 4.71. The van der Waals surface area contributed by atoms with Gasteiger partial charge in [-0.1, -0.05) is 18.1 Å². The van der Waals surface area contributed by atoms with E-state index < -0.39 is 17.9 Å². The van der Waals surface area contributed by atoms with Crippen LogP contribution in [0.15, 0.2) is 22.7 Å². The van der Waals surface area contributed by atoms with E-state index in [1.54, 1.807) is 11.8 Å². The molecule has 0 bridgehead atoms. The summed E-state index contributed by atoms with van der Waals surface area (Å²) in [6.45, 7) is 2.31. The van der Waals surface area contributed by atoms with E-state index in [2.05, 4.69) is 5.16 Å². The summed E-state index contributed by atoms with van der Waals surface area (Å²) in [6, 6.07) is 3.71. The number of hydrogen-bond acceptors (Lipinski definition) is 4. The van der Waals surface area contributed by atoms with Gasteiger partial charge in [-0.3, -0.25) is 4.90 Å². The minimum Gasteiger partial charge on any atom is -0.409 e. The van der Waals surface area contributed by atoms with Crippen molar-refractivity contribution in [2.75, 3.05) is 13.1 Å². The maximum Gasteiger partial charge on any atom is 0.400 e. The topological polar surface area (TPSA) is 61.8 Å². The SMILES string of the molecule is CCN(Cc1cccs1)CC(/C(N)=N/O)C(F)(F)F.